The van der Waals surface area contributed by atoms with Gasteiger partial charge in [-0.25, -0.2) is 4.79 Å². The normalized spacial score (nSPS) is 29.4. The number of hydrogen-bond acceptors (Lipinski definition) is 4. The number of hydrogen-bond donors (Lipinski definition) is 2. The number of nitrogens with zero attached hydrogens (tertiary/aromatic N) is 1. The van der Waals surface area contributed by atoms with Gasteiger partial charge in [-0.1, -0.05) is 31.3 Å². The first-order chi connectivity index (χ1) is 9.56. The van der Waals surface area contributed by atoms with Crippen LogP contribution in [0.25, 0.3) is 0 Å². The van der Waals surface area contributed by atoms with E-state index in [1.807, 2.05) is 0 Å². The SMILES string of the molecule is CC1CCCC(CCNC(=O)C2CC(C(=O)O)=NO2)C1. The summed E-state index contributed by atoms with van der Waals surface area (Å²) in [5, 5.41) is 15.0. The summed E-state index contributed by atoms with van der Waals surface area (Å²) in [6.07, 6.45) is 5.31. The number of carbonyl (C=O) groups excluding carboxylic acids is 1. The van der Waals surface area contributed by atoms with Gasteiger partial charge in [-0.05, 0) is 24.7 Å². The first-order valence-corrected chi connectivity index (χ1v) is 7.30. The molecule has 1 saturated carbocycles. The van der Waals surface area contributed by atoms with E-state index in [2.05, 4.69) is 17.4 Å². The molecule has 2 aliphatic rings. The van der Waals surface area contributed by atoms with Crippen LogP contribution in [0.3, 0.4) is 0 Å². The molecule has 1 amide bonds. The molecule has 112 valence electrons. The van der Waals surface area contributed by atoms with Crippen molar-refractivity contribution in [2.45, 2.75) is 51.6 Å². The number of nitrogens with one attached hydrogen (secondary N) is 1. The molecule has 6 nitrogen and oxygen atoms in total. The molecule has 0 spiro atoms. The van der Waals surface area contributed by atoms with Crippen LogP contribution in [0.2, 0.25) is 0 Å². The van der Waals surface area contributed by atoms with Gasteiger partial charge in [0.25, 0.3) is 5.91 Å². The lowest BCUT2D eigenvalue weighted by molar-refractivity contribution is -0.131. The van der Waals surface area contributed by atoms with Crippen LogP contribution >= 0.6 is 0 Å². The highest BCUT2D eigenvalue weighted by Crippen LogP contribution is 2.30. The van der Waals surface area contributed by atoms with Crippen LogP contribution in [0.5, 0.6) is 0 Å². The van der Waals surface area contributed by atoms with Gasteiger partial charge < -0.3 is 15.3 Å². The third-order valence-corrected chi connectivity index (χ3v) is 4.11. The predicted molar refractivity (Wildman–Crippen MR) is 73.3 cm³/mol. The highest BCUT2D eigenvalue weighted by molar-refractivity contribution is 6.36. The summed E-state index contributed by atoms with van der Waals surface area (Å²) in [5.41, 5.74) is -0.0914. The molecule has 1 fully saturated rings. The Labute approximate surface area is 118 Å². The number of carboxylic acids is 1. The van der Waals surface area contributed by atoms with E-state index in [0.717, 1.165) is 12.3 Å². The van der Waals surface area contributed by atoms with Gasteiger partial charge in [-0.3, -0.25) is 4.79 Å². The fourth-order valence-electron chi connectivity index (χ4n) is 2.98. The van der Waals surface area contributed by atoms with E-state index >= 15 is 0 Å². The van der Waals surface area contributed by atoms with E-state index in [-0.39, 0.29) is 18.0 Å². The van der Waals surface area contributed by atoms with Gasteiger partial charge in [0.1, 0.15) is 0 Å². The van der Waals surface area contributed by atoms with E-state index < -0.39 is 12.1 Å². The number of carbonyl (C=O) groups is 2. The second-order valence-electron chi connectivity index (χ2n) is 5.86. The van der Waals surface area contributed by atoms with Crippen LogP contribution in [-0.2, 0) is 14.4 Å². The first-order valence-electron chi connectivity index (χ1n) is 7.30. The van der Waals surface area contributed by atoms with Crippen LogP contribution < -0.4 is 5.32 Å². The zero-order valence-electron chi connectivity index (χ0n) is 11.8. The van der Waals surface area contributed by atoms with E-state index in [1.165, 1.54) is 25.7 Å². The highest BCUT2D eigenvalue weighted by atomic mass is 16.6. The van der Waals surface area contributed by atoms with Crippen LogP contribution in [0.15, 0.2) is 5.16 Å². The van der Waals surface area contributed by atoms with Gasteiger partial charge in [-0.15, -0.1) is 0 Å². The Hall–Kier alpha value is -1.59. The molecule has 2 N–H and O–H groups in total. The lowest BCUT2D eigenvalue weighted by atomic mass is 9.81. The maximum Gasteiger partial charge on any atom is 0.353 e. The van der Waals surface area contributed by atoms with E-state index in [1.54, 1.807) is 0 Å². The summed E-state index contributed by atoms with van der Waals surface area (Å²) in [6, 6.07) is 0. The maximum absolute atomic E-state index is 11.8. The Kier molecular flexibility index (Phi) is 4.98. The number of amides is 1. The molecule has 0 aromatic carbocycles. The summed E-state index contributed by atoms with van der Waals surface area (Å²) in [7, 11) is 0. The summed E-state index contributed by atoms with van der Waals surface area (Å²) >= 11 is 0. The molecule has 3 atom stereocenters. The molecule has 1 aliphatic heterocycles. The molecule has 3 unspecified atom stereocenters. The molecule has 20 heavy (non-hydrogen) atoms. The lowest BCUT2D eigenvalue weighted by Crippen LogP contribution is -2.36. The fraction of sp³-hybridized carbons (Fsp3) is 0.786. The van der Waals surface area contributed by atoms with Gasteiger partial charge in [0, 0.05) is 13.0 Å². The molecule has 2 rings (SSSR count). The molecule has 1 aliphatic carbocycles. The van der Waals surface area contributed by atoms with Crippen molar-refractivity contribution < 1.29 is 19.5 Å². The van der Waals surface area contributed by atoms with Gasteiger partial charge in [0.2, 0.25) is 6.10 Å². The average Bonchev–Trinajstić information content (AvgIpc) is 2.88. The summed E-state index contributed by atoms with van der Waals surface area (Å²) in [6.45, 7) is 2.90. The van der Waals surface area contributed by atoms with Crippen molar-refractivity contribution >= 4 is 17.6 Å². The Balaban J connectivity index is 1.65. The second-order valence-corrected chi connectivity index (χ2v) is 5.86. The number of carboxylic acid groups (broad SMARTS) is 1. The van der Waals surface area contributed by atoms with E-state index in [9.17, 15) is 9.59 Å². The molecule has 1 heterocycles. The Morgan fingerprint density at radius 2 is 2.25 bits per heavy atom. The van der Waals surface area contributed by atoms with Crippen molar-refractivity contribution in [3.63, 3.8) is 0 Å². The van der Waals surface area contributed by atoms with Crippen molar-refractivity contribution in [2.24, 2.45) is 17.0 Å². The standard InChI is InChI=1S/C14H22N2O4/c1-9-3-2-4-10(7-9)5-6-15-13(17)12-8-11(14(18)19)16-20-12/h9-10,12H,2-8H2,1H3,(H,15,17)(H,18,19). The van der Waals surface area contributed by atoms with Gasteiger partial charge in [0.05, 0.1) is 0 Å². The Morgan fingerprint density at radius 1 is 1.45 bits per heavy atom. The maximum atomic E-state index is 11.8. The number of oxime groups is 1. The van der Waals surface area contributed by atoms with Crippen molar-refractivity contribution in [3.05, 3.63) is 0 Å². The average molecular weight is 282 g/mol. The molecule has 0 aromatic heterocycles. The van der Waals surface area contributed by atoms with Crippen molar-refractivity contribution in [1.29, 1.82) is 0 Å². The molecule has 0 aromatic rings. The number of aliphatic carboxylic acids is 1. The van der Waals surface area contributed by atoms with Crippen molar-refractivity contribution in [2.75, 3.05) is 6.54 Å². The third-order valence-electron chi connectivity index (χ3n) is 4.11. The largest absolute Gasteiger partial charge is 0.477 e. The quantitative estimate of drug-likeness (QED) is 0.800. The monoisotopic (exact) mass is 282 g/mol. The van der Waals surface area contributed by atoms with Gasteiger partial charge >= 0.3 is 5.97 Å². The minimum atomic E-state index is -1.13. The minimum Gasteiger partial charge on any atom is -0.477 e. The smallest absolute Gasteiger partial charge is 0.353 e. The van der Waals surface area contributed by atoms with Crippen LogP contribution in [0.4, 0.5) is 0 Å². The van der Waals surface area contributed by atoms with Crippen molar-refractivity contribution in [1.82, 2.24) is 5.32 Å². The lowest BCUT2D eigenvalue weighted by Gasteiger charge is -2.26. The van der Waals surface area contributed by atoms with Crippen LogP contribution in [-0.4, -0.2) is 35.3 Å². The Bertz CT molecular complexity index is 408. The van der Waals surface area contributed by atoms with Gasteiger partial charge in [0.15, 0.2) is 5.71 Å². The predicted octanol–water partition coefficient (Wildman–Crippen LogP) is 1.55. The summed E-state index contributed by atoms with van der Waals surface area (Å²) in [5.74, 6) is 0.0777. The topological polar surface area (TPSA) is 88.0 Å². The zero-order valence-corrected chi connectivity index (χ0v) is 11.8. The number of rotatable bonds is 5. The fourth-order valence-corrected chi connectivity index (χ4v) is 2.98. The molecule has 0 saturated heterocycles. The molecular weight excluding hydrogens is 260 g/mol. The second kappa shape index (κ2) is 6.72. The van der Waals surface area contributed by atoms with E-state index in [0.29, 0.717) is 12.5 Å². The summed E-state index contributed by atoms with van der Waals surface area (Å²) < 4.78 is 0. The highest BCUT2D eigenvalue weighted by Gasteiger charge is 2.31. The first kappa shape index (κ1) is 14.8. The van der Waals surface area contributed by atoms with Crippen LogP contribution in [0.1, 0.15) is 45.4 Å². The summed E-state index contributed by atoms with van der Waals surface area (Å²) in [4.78, 5) is 27.3. The van der Waals surface area contributed by atoms with Gasteiger partial charge in [-0.2, -0.15) is 0 Å². The molecular formula is C14H22N2O4. The minimum absolute atomic E-state index is 0.0433. The third kappa shape index (κ3) is 3.95. The molecule has 0 bridgehead atoms. The Morgan fingerprint density at radius 3 is 2.90 bits per heavy atom. The zero-order chi connectivity index (χ0) is 14.5. The van der Waals surface area contributed by atoms with E-state index in [4.69, 9.17) is 9.94 Å². The molecule has 6 heteroatoms. The van der Waals surface area contributed by atoms with Crippen LogP contribution in [0, 0.1) is 11.8 Å². The molecule has 0 radical (unpaired) electrons. The van der Waals surface area contributed by atoms with Crippen molar-refractivity contribution in [3.8, 4) is 0 Å².